The number of halogens is 5. The highest BCUT2D eigenvalue weighted by Crippen LogP contribution is 2.65. The molecule has 1 aromatic heterocycles. The fourth-order valence-corrected chi connectivity index (χ4v) is 9.53. The van der Waals surface area contributed by atoms with Crippen molar-refractivity contribution in [3.8, 4) is 11.5 Å². The average molecular weight is 806 g/mol. The Balaban J connectivity index is 1.31. The van der Waals surface area contributed by atoms with Gasteiger partial charge < -0.3 is 9.84 Å². The Bertz CT molecular complexity index is 2340. The van der Waals surface area contributed by atoms with Gasteiger partial charge in [-0.2, -0.15) is 18.2 Å². The number of aromatic nitrogens is 1. The van der Waals surface area contributed by atoms with Crippen molar-refractivity contribution in [3.63, 3.8) is 0 Å². The number of amides is 4. The van der Waals surface area contributed by atoms with Crippen LogP contribution in [0.25, 0.3) is 0 Å². The van der Waals surface area contributed by atoms with Gasteiger partial charge in [0.15, 0.2) is 17.3 Å². The Morgan fingerprint density at radius 1 is 0.964 bits per heavy atom. The van der Waals surface area contributed by atoms with Gasteiger partial charge in [-0.05, 0) is 72.7 Å². The Kier molecular flexibility index (Phi) is 9.15. The number of para-hydroxylation sites is 1. The van der Waals surface area contributed by atoms with Gasteiger partial charge in [0.1, 0.15) is 0 Å². The number of benzene rings is 3. The van der Waals surface area contributed by atoms with Gasteiger partial charge in [0.25, 0.3) is 11.8 Å². The average Bonchev–Trinajstić information content (AvgIpc) is 3.56. The number of nitrogens with one attached hydrogen (secondary N) is 1. The van der Waals surface area contributed by atoms with Gasteiger partial charge in [0, 0.05) is 22.7 Å². The molecule has 3 aromatic carbocycles. The van der Waals surface area contributed by atoms with Crippen molar-refractivity contribution < 1.29 is 42.2 Å². The number of carbonyl (C=O) groups is 4. The number of ether oxygens (including phenoxy) is 1. The van der Waals surface area contributed by atoms with Crippen LogP contribution in [-0.4, -0.2) is 45.8 Å². The molecule has 2 aliphatic heterocycles. The van der Waals surface area contributed by atoms with E-state index in [1.165, 1.54) is 18.1 Å². The summed E-state index contributed by atoms with van der Waals surface area (Å²) in [5, 5.41) is 12.3. The third-order valence-corrected chi connectivity index (χ3v) is 12.3. The van der Waals surface area contributed by atoms with E-state index < -0.39 is 69.5 Å². The first-order valence-corrected chi connectivity index (χ1v) is 18.6. The second-order valence-corrected chi connectivity index (χ2v) is 15.2. The van der Waals surface area contributed by atoms with Gasteiger partial charge in [0.2, 0.25) is 11.8 Å². The van der Waals surface area contributed by atoms with E-state index in [4.69, 9.17) is 27.9 Å². The minimum absolute atomic E-state index is 0.0740. The van der Waals surface area contributed by atoms with Crippen molar-refractivity contribution >= 4 is 58.3 Å². The van der Waals surface area contributed by atoms with Gasteiger partial charge in [-0.1, -0.05) is 78.2 Å². The van der Waals surface area contributed by atoms with E-state index in [1.807, 2.05) is 25.1 Å². The van der Waals surface area contributed by atoms with Crippen molar-refractivity contribution in [2.24, 2.45) is 23.7 Å². The van der Waals surface area contributed by atoms with Crippen molar-refractivity contribution in [3.05, 3.63) is 123 Å². The molecule has 3 heterocycles. The molecule has 2 N–H and O–H groups in total. The monoisotopic (exact) mass is 804 g/mol. The number of hydrogen-bond donors (Lipinski definition) is 2. The fraction of sp³-hybridized carbons (Fsp3) is 0.293. The summed E-state index contributed by atoms with van der Waals surface area (Å²) in [5.41, 5.74) is 2.22. The molecular formula is C41H33Cl2F3N4O6. The normalized spacial score (nSPS) is 25.8. The maximum Gasteiger partial charge on any atom is 0.417 e. The van der Waals surface area contributed by atoms with E-state index in [2.05, 4.69) is 10.4 Å². The molecule has 15 heteroatoms. The van der Waals surface area contributed by atoms with Crippen LogP contribution in [0.15, 0.2) is 90.6 Å². The lowest BCUT2D eigenvalue weighted by molar-refractivity contribution is -0.139. The number of methoxy groups -OCH3 is 1. The molecule has 6 atom stereocenters. The van der Waals surface area contributed by atoms with Gasteiger partial charge in [-0.15, -0.1) is 0 Å². The molecule has 2 saturated heterocycles. The maximum absolute atomic E-state index is 15.3. The highest BCUT2D eigenvalue weighted by atomic mass is 35.5. The number of allylic oxidation sites excluding steroid dienone is 2. The second-order valence-electron chi connectivity index (χ2n) is 14.3. The zero-order valence-electron chi connectivity index (χ0n) is 29.8. The molecule has 4 aliphatic rings. The number of alkyl halides is 3. The molecule has 10 nitrogen and oxygen atoms in total. The number of hydrazine groups is 1. The molecule has 4 amide bonds. The van der Waals surface area contributed by atoms with E-state index in [1.54, 1.807) is 48.5 Å². The first-order chi connectivity index (χ1) is 26.7. The van der Waals surface area contributed by atoms with E-state index in [-0.39, 0.29) is 41.6 Å². The topological polar surface area (TPSA) is 129 Å². The first kappa shape index (κ1) is 37.5. The third-order valence-electron chi connectivity index (χ3n) is 11.7. The number of pyridine rings is 1. The highest BCUT2D eigenvalue weighted by molar-refractivity contribution is 6.33. The van der Waals surface area contributed by atoms with E-state index >= 15 is 4.79 Å². The molecule has 8 rings (SSSR count). The van der Waals surface area contributed by atoms with Crippen LogP contribution in [0.1, 0.15) is 47.9 Å². The Hall–Kier alpha value is -5.40. The van der Waals surface area contributed by atoms with Gasteiger partial charge in [-0.3, -0.25) is 29.5 Å². The van der Waals surface area contributed by atoms with E-state index in [9.17, 15) is 32.7 Å². The van der Waals surface area contributed by atoms with Crippen LogP contribution in [0.4, 0.5) is 24.7 Å². The third kappa shape index (κ3) is 5.57. The van der Waals surface area contributed by atoms with Gasteiger partial charge in [-0.25, -0.2) is 4.98 Å². The predicted octanol–water partition coefficient (Wildman–Crippen LogP) is 7.87. The lowest BCUT2D eigenvalue weighted by Crippen LogP contribution is -2.53. The lowest BCUT2D eigenvalue weighted by Gasteiger charge is -2.50. The molecule has 4 aromatic rings. The summed E-state index contributed by atoms with van der Waals surface area (Å²) in [7, 11) is 1.37. The summed E-state index contributed by atoms with van der Waals surface area (Å²) in [6, 6.07) is 18.9. The number of aromatic hydroxyl groups is 1. The number of fused-ring (bicyclic) bond motifs is 4. The van der Waals surface area contributed by atoms with Crippen molar-refractivity contribution in [1.29, 1.82) is 0 Å². The molecular weight excluding hydrogens is 772 g/mol. The minimum Gasteiger partial charge on any atom is -0.504 e. The largest absolute Gasteiger partial charge is 0.504 e. The second kappa shape index (κ2) is 13.7. The van der Waals surface area contributed by atoms with Crippen molar-refractivity contribution in [2.75, 3.05) is 17.4 Å². The molecule has 2 aliphatic carbocycles. The number of anilines is 2. The molecule has 0 spiro atoms. The summed E-state index contributed by atoms with van der Waals surface area (Å²) < 4.78 is 46.0. The Morgan fingerprint density at radius 3 is 2.32 bits per heavy atom. The standard InChI is InChI=1S/C41H33Cl2F3N4O6/c1-3-20-7-13-24(14-8-20)49-36(52)26-16-15-25-28(32(26)38(49)54)18-29-37(53)50(48-35-30(43)17-22(19-47-35)41(44,45)46)39(55)40(29,21-9-11-23(42)12-10-21)33(25)27-5-4-6-31(56-2)34(27)51/h4-15,17,19,26,28-29,32-33,51H,3,16,18H2,1-2H3,(H,47,48). The maximum atomic E-state index is 15.3. The van der Waals surface area contributed by atoms with Crippen LogP contribution < -0.4 is 15.1 Å². The number of carbonyl (C=O) groups excluding carboxylic acids is 4. The molecule has 6 unspecified atom stereocenters. The molecule has 0 radical (unpaired) electrons. The zero-order valence-corrected chi connectivity index (χ0v) is 31.3. The fourth-order valence-electron chi connectivity index (χ4n) is 9.20. The Morgan fingerprint density at radius 2 is 1.68 bits per heavy atom. The van der Waals surface area contributed by atoms with Crippen LogP contribution in [0.3, 0.4) is 0 Å². The number of hydrogen-bond acceptors (Lipinski definition) is 8. The van der Waals surface area contributed by atoms with E-state index in [0.717, 1.165) is 12.0 Å². The quantitative estimate of drug-likeness (QED) is 0.143. The SMILES string of the molecule is CCc1ccc(N2C(=O)C3CC=C4C(CC5C(=O)N(Nc6ncc(C(F)(F)F)cc6Cl)C(=O)C5(c5ccc(Cl)cc5)C4c4cccc(OC)c4O)C3C2=O)cc1. The molecule has 3 fully saturated rings. The minimum atomic E-state index is -4.76. The summed E-state index contributed by atoms with van der Waals surface area (Å²) in [5.74, 6) is -7.81. The molecule has 0 bridgehead atoms. The predicted molar refractivity (Wildman–Crippen MR) is 200 cm³/mol. The van der Waals surface area contributed by atoms with Crippen molar-refractivity contribution in [2.45, 2.75) is 43.7 Å². The zero-order chi connectivity index (χ0) is 39.8. The summed E-state index contributed by atoms with van der Waals surface area (Å²) >= 11 is 12.6. The molecule has 56 heavy (non-hydrogen) atoms. The summed E-state index contributed by atoms with van der Waals surface area (Å²) in [6.07, 6.45) is -1.57. The van der Waals surface area contributed by atoms with E-state index in [0.29, 0.717) is 39.1 Å². The number of nitrogens with zero attached hydrogens (tertiary/aromatic N) is 3. The molecule has 1 saturated carbocycles. The number of imide groups is 2. The lowest BCUT2D eigenvalue weighted by atomic mass is 9.49. The number of phenols is 1. The van der Waals surface area contributed by atoms with Crippen molar-refractivity contribution in [1.82, 2.24) is 9.99 Å². The van der Waals surface area contributed by atoms with Gasteiger partial charge in [0.05, 0.1) is 46.6 Å². The highest BCUT2D eigenvalue weighted by Gasteiger charge is 2.71. The smallest absolute Gasteiger partial charge is 0.417 e. The van der Waals surface area contributed by atoms with Crippen LogP contribution in [0, 0.1) is 23.7 Å². The van der Waals surface area contributed by atoms with Crippen LogP contribution in [0.5, 0.6) is 11.5 Å². The van der Waals surface area contributed by atoms with Gasteiger partial charge >= 0.3 is 6.18 Å². The van der Waals surface area contributed by atoms with Crippen LogP contribution in [-0.2, 0) is 37.2 Å². The van der Waals surface area contributed by atoms with Crippen LogP contribution in [0.2, 0.25) is 10.0 Å². The first-order valence-electron chi connectivity index (χ1n) is 17.9. The molecule has 288 valence electrons. The summed E-state index contributed by atoms with van der Waals surface area (Å²) in [6.45, 7) is 1.99. The number of rotatable bonds is 7. The Labute approximate surface area is 328 Å². The van der Waals surface area contributed by atoms with Crippen LogP contribution >= 0.6 is 23.2 Å². The summed E-state index contributed by atoms with van der Waals surface area (Å²) in [4.78, 5) is 63.9. The number of phenolic OH excluding ortho intramolecular Hbond substituents is 1. The number of aryl methyl sites for hydroxylation is 1.